The topological polar surface area (TPSA) is 26.0 Å². The van der Waals surface area contributed by atoms with Crippen LogP contribution in [-0.2, 0) is 10.8 Å². The van der Waals surface area contributed by atoms with E-state index in [1.54, 1.807) is 0 Å². The van der Waals surface area contributed by atoms with Gasteiger partial charge in [0, 0.05) is 33.7 Å². The van der Waals surface area contributed by atoms with E-state index in [9.17, 15) is 0 Å². The molecule has 27 heavy (non-hydrogen) atoms. The summed E-state index contributed by atoms with van der Waals surface area (Å²) in [7, 11) is 0. The van der Waals surface area contributed by atoms with Crippen LogP contribution in [0.4, 0.5) is 0 Å². The van der Waals surface area contributed by atoms with Gasteiger partial charge in [-0.05, 0) is 23.5 Å². The van der Waals surface area contributed by atoms with E-state index in [1.807, 2.05) is 6.20 Å². The minimum atomic E-state index is -0.128. The van der Waals surface area contributed by atoms with Crippen LogP contribution in [0.1, 0.15) is 56.9 Å². The van der Waals surface area contributed by atoms with Gasteiger partial charge in [0.05, 0.1) is 11.1 Å². The number of furan rings is 1. The number of benzene rings is 2. The summed E-state index contributed by atoms with van der Waals surface area (Å²) in [6.45, 7) is 13.5. The average Bonchev–Trinajstić information content (AvgIpc) is 2.98. The molecule has 0 saturated heterocycles. The molecule has 0 saturated carbocycles. The van der Waals surface area contributed by atoms with E-state index in [2.05, 4.69) is 77.9 Å². The maximum Gasteiger partial charge on any atom is 0.142 e. The molecule has 2 aromatic carbocycles. The number of aromatic nitrogens is 1. The number of fused-ring (bicyclic) bond motifs is 2. The van der Waals surface area contributed by atoms with Gasteiger partial charge in [-0.15, -0.1) is 0 Å². The normalized spacial score (nSPS) is 15.3. The molecule has 0 atom stereocenters. The van der Waals surface area contributed by atoms with E-state index < -0.39 is 0 Å². The summed E-state index contributed by atoms with van der Waals surface area (Å²) in [4.78, 5) is 4.89. The molecule has 2 aromatic heterocycles. The van der Waals surface area contributed by atoms with Gasteiger partial charge in [-0.25, -0.2) is 0 Å². The first kappa shape index (κ1) is 16.6. The smallest absolute Gasteiger partial charge is 0.142 e. The van der Waals surface area contributed by atoms with Gasteiger partial charge in [0.1, 0.15) is 11.2 Å². The van der Waals surface area contributed by atoms with Crippen LogP contribution >= 0.6 is 0 Å². The molecule has 1 aliphatic rings. The summed E-state index contributed by atoms with van der Waals surface area (Å²) in [5.74, 6) is 0. The molecular formula is C25H25NO. The molecule has 2 heteroatoms. The molecular weight excluding hydrogens is 330 g/mol. The van der Waals surface area contributed by atoms with Crippen LogP contribution in [0.3, 0.4) is 0 Å². The monoisotopic (exact) mass is 355 g/mol. The quantitative estimate of drug-likeness (QED) is 0.343. The lowest BCUT2D eigenvalue weighted by atomic mass is 9.74. The average molecular weight is 355 g/mol. The lowest BCUT2D eigenvalue weighted by Crippen LogP contribution is -2.20. The summed E-state index contributed by atoms with van der Waals surface area (Å²) >= 11 is 0. The second kappa shape index (κ2) is 5.01. The molecule has 0 unspecified atom stereocenters. The van der Waals surface area contributed by atoms with Crippen molar-refractivity contribution in [3.63, 3.8) is 0 Å². The lowest BCUT2D eigenvalue weighted by molar-refractivity contribution is 0.570. The van der Waals surface area contributed by atoms with Crippen molar-refractivity contribution in [3.05, 3.63) is 64.8 Å². The first-order valence-corrected chi connectivity index (χ1v) is 9.67. The predicted octanol–water partition coefficient (Wildman–Crippen LogP) is 6.89. The van der Waals surface area contributed by atoms with Crippen molar-refractivity contribution in [2.24, 2.45) is 0 Å². The van der Waals surface area contributed by atoms with Crippen molar-refractivity contribution in [3.8, 4) is 11.3 Å². The lowest BCUT2D eigenvalue weighted by Gasteiger charge is -2.29. The number of hydrogen-bond acceptors (Lipinski definition) is 2. The molecule has 0 spiro atoms. The van der Waals surface area contributed by atoms with Gasteiger partial charge >= 0.3 is 0 Å². The molecule has 5 rings (SSSR count). The Morgan fingerprint density at radius 2 is 1.63 bits per heavy atom. The highest BCUT2D eigenvalue weighted by Gasteiger charge is 2.36. The molecule has 0 amide bonds. The van der Waals surface area contributed by atoms with Crippen LogP contribution in [0.2, 0.25) is 0 Å². The zero-order chi connectivity index (χ0) is 19.1. The summed E-state index contributed by atoms with van der Waals surface area (Å²) in [5.41, 5.74) is 9.12. The Bertz CT molecular complexity index is 1230. The zero-order valence-corrected chi connectivity index (χ0v) is 16.9. The van der Waals surface area contributed by atoms with Gasteiger partial charge in [-0.2, -0.15) is 0 Å². The fourth-order valence-corrected chi connectivity index (χ4v) is 4.69. The Balaban J connectivity index is 2.11. The Labute approximate surface area is 160 Å². The fraction of sp³-hybridized carbons (Fsp3) is 0.320. The van der Waals surface area contributed by atoms with Gasteiger partial charge < -0.3 is 4.42 Å². The Morgan fingerprint density at radius 3 is 2.37 bits per heavy atom. The predicted molar refractivity (Wildman–Crippen MR) is 113 cm³/mol. The fourth-order valence-electron chi connectivity index (χ4n) is 4.69. The molecule has 4 aromatic rings. The third kappa shape index (κ3) is 2.04. The van der Waals surface area contributed by atoms with Crippen molar-refractivity contribution in [2.75, 3.05) is 0 Å². The second-order valence-corrected chi connectivity index (χ2v) is 9.38. The molecule has 0 N–H and O–H groups in total. The van der Waals surface area contributed by atoms with Crippen molar-refractivity contribution in [1.82, 2.24) is 4.98 Å². The first-order chi connectivity index (χ1) is 12.7. The summed E-state index contributed by atoms with van der Waals surface area (Å²) in [5, 5.41) is 2.41. The molecule has 0 radical (unpaired) electrons. The SMILES string of the molecule is Cc1cnc2c3c1oc1c(C(C)(C)C)ccc(c13)C(C)(C)c1ccccc1-2. The summed E-state index contributed by atoms with van der Waals surface area (Å²) in [6, 6.07) is 13.3. The number of aryl methyl sites for hydroxylation is 1. The van der Waals surface area contributed by atoms with Gasteiger partial charge in [-0.3, -0.25) is 4.98 Å². The maximum atomic E-state index is 6.57. The highest BCUT2D eigenvalue weighted by atomic mass is 16.3. The van der Waals surface area contributed by atoms with Crippen LogP contribution < -0.4 is 0 Å². The van der Waals surface area contributed by atoms with Gasteiger partial charge in [0.15, 0.2) is 0 Å². The van der Waals surface area contributed by atoms with E-state index in [-0.39, 0.29) is 10.8 Å². The zero-order valence-electron chi connectivity index (χ0n) is 16.9. The van der Waals surface area contributed by atoms with E-state index in [0.29, 0.717) is 0 Å². The standard InChI is InChI=1S/C25H25NO/c1-14-13-26-21-15-9-7-8-10-16(15)25(5,6)17-11-12-18(24(2,3)4)23-19(17)20(21)22(14)27-23/h7-13H,1-6H3. The van der Waals surface area contributed by atoms with Crippen molar-refractivity contribution in [2.45, 2.75) is 52.4 Å². The third-order valence-electron chi connectivity index (χ3n) is 6.16. The van der Waals surface area contributed by atoms with Crippen LogP contribution in [0.25, 0.3) is 33.2 Å². The molecule has 0 aliphatic heterocycles. The van der Waals surface area contributed by atoms with Gasteiger partial charge in [0.2, 0.25) is 0 Å². The van der Waals surface area contributed by atoms with Gasteiger partial charge in [0.25, 0.3) is 0 Å². The van der Waals surface area contributed by atoms with Crippen molar-refractivity contribution >= 4 is 21.9 Å². The maximum absolute atomic E-state index is 6.57. The van der Waals surface area contributed by atoms with E-state index in [1.165, 1.54) is 33.0 Å². The number of pyridine rings is 1. The van der Waals surface area contributed by atoms with E-state index in [0.717, 1.165) is 22.4 Å². The third-order valence-corrected chi connectivity index (χ3v) is 6.16. The summed E-state index contributed by atoms with van der Waals surface area (Å²) < 4.78 is 6.57. The number of hydrogen-bond donors (Lipinski definition) is 0. The van der Waals surface area contributed by atoms with E-state index >= 15 is 0 Å². The number of rotatable bonds is 0. The summed E-state index contributed by atoms with van der Waals surface area (Å²) in [6.07, 6.45) is 1.95. The molecule has 1 aliphatic carbocycles. The largest absolute Gasteiger partial charge is 0.455 e. The Morgan fingerprint density at radius 1 is 0.889 bits per heavy atom. The Hall–Kier alpha value is -2.61. The first-order valence-electron chi connectivity index (χ1n) is 9.67. The van der Waals surface area contributed by atoms with Crippen LogP contribution in [-0.4, -0.2) is 4.98 Å². The minimum Gasteiger partial charge on any atom is -0.455 e. The second-order valence-electron chi connectivity index (χ2n) is 9.38. The molecule has 2 heterocycles. The number of nitrogens with zero attached hydrogens (tertiary/aromatic N) is 1. The van der Waals surface area contributed by atoms with Crippen molar-refractivity contribution < 1.29 is 4.42 Å². The van der Waals surface area contributed by atoms with Crippen LogP contribution in [0.15, 0.2) is 47.0 Å². The Kier molecular flexibility index (Phi) is 3.07. The highest BCUT2D eigenvalue weighted by molar-refractivity contribution is 6.16. The van der Waals surface area contributed by atoms with Gasteiger partial charge in [-0.1, -0.05) is 71.0 Å². The minimum absolute atomic E-state index is 0.0111. The highest BCUT2D eigenvalue weighted by Crippen LogP contribution is 2.51. The van der Waals surface area contributed by atoms with Crippen molar-refractivity contribution in [1.29, 1.82) is 0 Å². The van der Waals surface area contributed by atoms with E-state index in [4.69, 9.17) is 9.40 Å². The molecule has 0 fully saturated rings. The van der Waals surface area contributed by atoms with Crippen LogP contribution in [0, 0.1) is 6.92 Å². The van der Waals surface area contributed by atoms with Crippen LogP contribution in [0.5, 0.6) is 0 Å². The molecule has 0 bridgehead atoms. The molecule has 2 nitrogen and oxygen atoms in total. The molecule has 136 valence electrons.